The number of hydrogen-bond donors (Lipinski definition) is 1. The van der Waals surface area contributed by atoms with Gasteiger partial charge in [-0.15, -0.1) is 10.2 Å². The van der Waals surface area contributed by atoms with E-state index in [2.05, 4.69) is 30.5 Å². The van der Waals surface area contributed by atoms with Crippen LogP contribution in [0.4, 0.5) is 5.82 Å². The van der Waals surface area contributed by atoms with Crippen LogP contribution in [0.1, 0.15) is 5.01 Å². The highest BCUT2D eigenvalue weighted by Crippen LogP contribution is 2.30. The highest BCUT2D eigenvalue weighted by atomic mass is 32.1. The summed E-state index contributed by atoms with van der Waals surface area (Å²) in [6.07, 6.45) is 3.50. The Bertz CT molecular complexity index is 1010. The molecule has 0 spiro atoms. The maximum Gasteiger partial charge on any atom is 0.163 e. The lowest BCUT2D eigenvalue weighted by Gasteiger charge is -2.09. The van der Waals surface area contributed by atoms with Gasteiger partial charge in [0.25, 0.3) is 0 Å². The molecule has 24 heavy (non-hydrogen) atoms. The molecule has 0 atom stereocenters. The first-order chi connectivity index (χ1) is 11.7. The maximum atomic E-state index is 4.67. The van der Waals surface area contributed by atoms with Gasteiger partial charge >= 0.3 is 0 Å². The van der Waals surface area contributed by atoms with Crippen LogP contribution in [0.3, 0.4) is 0 Å². The first-order valence-corrected chi connectivity index (χ1v) is 8.26. The quantitative estimate of drug-likeness (QED) is 0.617. The third-order valence-corrected chi connectivity index (χ3v) is 4.51. The van der Waals surface area contributed by atoms with Crippen molar-refractivity contribution in [2.75, 3.05) is 12.4 Å². The van der Waals surface area contributed by atoms with E-state index in [1.165, 1.54) is 0 Å². The normalized spacial score (nSPS) is 10.9. The van der Waals surface area contributed by atoms with Gasteiger partial charge in [-0.1, -0.05) is 11.3 Å². The van der Waals surface area contributed by atoms with Crippen LogP contribution in [-0.2, 0) is 0 Å². The molecular weight excluding hydrogens is 320 g/mol. The Balaban J connectivity index is 1.89. The number of benzene rings is 1. The van der Waals surface area contributed by atoms with Gasteiger partial charge in [-0.2, -0.15) is 0 Å². The topological polar surface area (TPSA) is 76.5 Å². The van der Waals surface area contributed by atoms with Gasteiger partial charge in [-0.25, -0.2) is 9.97 Å². The van der Waals surface area contributed by atoms with E-state index in [1.807, 2.05) is 44.3 Å². The van der Waals surface area contributed by atoms with E-state index >= 15 is 0 Å². The number of nitrogens with zero attached hydrogens (tertiary/aromatic N) is 5. The van der Waals surface area contributed by atoms with Crippen molar-refractivity contribution in [1.82, 2.24) is 25.1 Å². The molecule has 7 heteroatoms. The van der Waals surface area contributed by atoms with Gasteiger partial charge in [0.1, 0.15) is 15.8 Å². The molecule has 6 nitrogen and oxygen atoms in total. The van der Waals surface area contributed by atoms with Crippen molar-refractivity contribution in [2.24, 2.45) is 0 Å². The van der Waals surface area contributed by atoms with Crippen LogP contribution in [0, 0.1) is 6.92 Å². The standard InChI is InChI=1S/C17H14N6S/c1-10-22-23-17(24-10)11-5-6-14-13(8-11)16(18-2)21-15(20-14)12-4-3-7-19-9-12/h3-9H,1-2H3,(H,18,20,21). The summed E-state index contributed by atoms with van der Waals surface area (Å²) in [7, 11) is 1.86. The SMILES string of the molecule is CNc1nc(-c2cccnc2)nc2ccc(-c3nnc(C)s3)cc12. The van der Waals surface area contributed by atoms with Crippen molar-refractivity contribution in [3.8, 4) is 22.0 Å². The van der Waals surface area contributed by atoms with E-state index in [0.717, 1.165) is 37.9 Å². The second-order valence-electron chi connectivity index (χ2n) is 5.25. The summed E-state index contributed by atoms with van der Waals surface area (Å²) in [6, 6.07) is 9.88. The molecule has 0 bridgehead atoms. The highest BCUT2D eigenvalue weighted by Gasteiger charge is 2.11. The molecular formula is C17H14N6S. The second-order valence-corrected chi connectivity index (χ2v) is 6.43. The zero-order valence-corrected chi connectivity index (χ0v) is 14.0. The summed E-state index contributed by atoms with van der Waals surface area (Å²) in [5.74, 6) is 1.43. The number of hydrogen-bond acceptors (Lipinski definition) is 7. The van der Waals surface area contributed by atoms with Gasteiger partial charge in [-0.3, -0.25) is 4.98 Å². The smallest absolute Gasteiger partial charge is 0.163 e. The Labute approximate surface area is 142 Å². The van der Waals surface area contributed by atoms with Crippen LogP contribution >= 0.6 is 11.3 Å². The molecule has 0 aliphatic heterocycles. The fourth-order valence-electron chi connectivity index (χ4n) is 2.49. The molecule has 3 aromatic heterocycles. The number of aromatic nitrogens is 5. The summed E-state index contributed by atoms with van der Waals surface area (Å²) < 4.78 is 0. The van der Waals surface area contributed by atoms with Crippen LogP contribution in [0.15, 0.2) is 42.7 Å². The van der Waals surface area contributed by atoms with Crippen molar-refractivity contribution in [3.63, 3.8) is 0 Å². The molecule has 0 amide bonds. The molecule has 0 aliphatic carbocycles. The lowest BCUT2D eigenvalue weighted by Crippen LogP contribution is -1.99. The number of pyridine rings is 1. The highest BCUT2D eigenvalue weighted by molar-refractivity contribution is 7.14. The summed E-state index contributed by atoms with van der Waals surface area (Å²) in [6.45, 7) is 1.95. The zero-order chi connectivity index (χ0) is 16.5. The Morgan fingerprint density at radius 1 is 1.04 bits per heavy atom. The molecule has 0 saturated carbocycles. The largest absolute Gasteiger partial charge is 0.373 e. The van der Waals surface area contributed by atoms with Gasteiger partial charge in [0.15, 0.2) is 5.82 Å². The van der Waals surface area contributed by atoms with E-state index in [-0.39, 0.29) is 0 Å². The van der Waals surface area contributed by atoms with Gasteiger partial charge in [-0.05, 0) is 37.3 Å². The molecule has 118 valence electrons. The van der Waals surface area contributed by atoms with Crippen molar-refractivity contribution in [3.05, 3.63) is 47.7 Å². The average Bonchev–Trinajstić information content (AvgIpc) is 3.07. The van der Waals surface area contributed by atoms with Gasteiger partial charge in [0.2, 0.25) is 0 Å². The van der Waals surface area contributed by atoms with Gasteiger partial charge in [0.05, 0.1) is 5.52 Å². The number of anilines is 1. The van der Waals surface area contributed by atoms with Crippen LogP contribution in [0.2, 0.25) is 0 Å². The molecule has 0 fully saturated rings. The Morgan fingerprint density at radius 3 is 2.67 bits per heavy atom. The molecule has 4 aromatic rings. The van der Waals surface area contributed by atoms with Gasteiger partial charge < -0.3 is 5.32 Å². The Hall–Kier alpha value is -2.93. The number of fused-ring (bicyclic) bond motifs is 1. The monoisotopic (exact) mass is 334 g/mol. The van der Waals surface area contributed by atoms with E-state index in [9.17, 15) is 0 Å². The minimum atomic E-state index is 0.652. The van der Waals surface area contributed by atoms with Crippen molar-refractivity contribution >= 4 is 28.1 Å². The average molecular weight is 334 g/mol. The Kier molecular flexibility index (Phi) is 3.62. The van der Waals surface area contributed by atoms with E-state index in [0.29, 0.717) is 5.82 Å². The molecule has 0 radical (unpaired) electrons. The van der Waals surface area contributed by atoms with Gasteiger partial charge in [0, 0.05) is 36.0 Å². The second kappa shape index (κ2) is 5.93. The van der Waals surface area contributed by atoms with Crippen LogP contribution in [0.25, 0.3) is 32.9 Å². The van der Waals surface area contributed by atoms with Crippen molar-refractivity contribution in [1.29, 1.82) is 0 Å². The first-order valence-electron chi connectivity index (χ1n) is 7.45. The van der Waals surface area contributed by atoms with E-state index in [1.54, 1.807) is 23.7 Å². The third kappa shape index (κ3) is 2.59. The van der Waals surface area contributed by atoms with E-state index < -0.39 is 0 Å². The molecule has 0 saturated heterocycles. The predicted octanol–water partition coefficient (Wildman–Crippen LogP) is 3.56. The first kappa shape index (κ1) is 14.6. The van der Waals surface area contributed by atoms with E-state index in [4.69, 9.17) is 0 Å². The number of aryl methyl sites for hydroxylation is 1. The molecule has 0 aliphatic rings. The summed E-state index contributed by atoms with van der Waals surface area (Å²) in [5.41, 5.74) is 2.78. The minimum Gasteiger partial charge on any atom is -0.373 e. The molecule has 4 rings (SSSR count). The molecule has 0 unspecified atom stereocenters. The third-order valence-electron chi connectivity index (χ3n) is 3.63. The van der Waals surface area contributed by atoms with Crippen LogP contribution < -0.4 is 5.32 Å². The summed E-state index contributed by atoms with van der Waals surface area (Å²) in [4.78, 5) is 13.4. The minimum absolute atomic E-state index is 0.652. The Morgan fingerprint density at radius 2 is 1.96 bits per heavy atom. The number of nitrogens with one attached hydrogen (secondary N) is 1. The summed E-state index contributed by atoms with van der Waals surface area (Å²) in [5, 5.41) is 14.3. The lowest BCUT2D eigenvalue weighted by molar-refractivity contribution is 1.05. The molecule has 3 heterocycles. The fourth-order valence-corrected chi connectivity index (χ4v) is 3.18. The van der Waals surface area contributed by atoms with Crippen LogP contribution in [-0.4, -0.2) is 32.2 Å². The lowest BCUT2D eigenvalue weighted by atomic mass is 10.1. The van der Waals surface area contributed by atoms with Crippen molar-refractivity contribution < 1.29 is 0 Å². The number of rotatable bonds is 3. The summed E-state index contributed by atoms with van der Waals surface area (Å²) >= 11 is 1.57. The van der Waals surface area contributed by atoms with Crippen LogP contribution in [0.5, 0.6) is 0 Å². The predicted molar refractivity (Wildman–Crippen MR) is 96.0 cm³/mol. The zero-order valence-electron chi connectivity index (χ0n) is 13.2. The fraction of sp³-hybridized carbons (Fsp3) is 0.118. The molecule has 1 aromatic carbocycles. The van der Waals surface area contributed by atoms with Crippen molar-refractivity contribution in [2.45, 2.75) is 6.92 Å². The maximum absolute atomic E-state index is 4.67. The molecule has 1 N–H and O–H groups in total.